The number of carbonyl (C=O) groups is 1. The van der Waals surface area contributed by atoms with Crippen LogP contribution in [0.2, 0.25) is 0 Å². The molecule has 2 aliphatic rings. The van der Waals surface area contributed by atoms with Crippen molar-refractivity contribution in [3.8, 4) is 11.1 Å². The Labute approximate surface area is 228 Å². The lowest BCUT2D eigenvalue weighted by Crippen LogP contribution is -2.51. The number of anilines is 3. The number of β-amino-alcohol motifs (C(OH)–C–C–N with tert-alkyl or cyclic N) is 1. The van der Waals surface area contributed by atoms with E-state index in [9.17, 15) is 27.9 Å². The molecule has 0 spiro atoms. The zero-order valence-electron chi connectivity index (χ0n) is 22.0. The Kier molecular flexibility index (Phi) is 7.51. The topological polar surface area (TPSA) is 113 Å². The first-order valence-electron chi connectivity index (χ1n) is 12.9. The van der Waals surface area contributed by atoms with Crippen molar-refractivity contribution in [3.05, 3.63) is 63.8 Å². The van der Waals surface area contributed by atoms with Gasteiger partial charge in [0.05, 0.1) is 36.8 Å². The molecule has 0 radical (unpaired) electrons. The van der Waals surface area contributed by atoms with E-state index in [1.807, 2.05) is 24.0 Å². The molecule has 2 saturated heterocycles. The van der Waals surface area contributed by atoms with Gasteiger partial charge in [-0.25, -0.2) is 4.98 Å². The molecule has 0 unspecified atom stereocenters. The van der Waals surface area contributed by atoms with Gasteiger partial charge in [-0.2, -0.15) is 13.2 Å². The van der Waals surface area contributed by atoms with Crippen molar-refractivity contribution in [2.75, 3.05) is 54.5 Å². The van der Waals surface area contributed by atoms with Gasteiger partial charge in [0.15, 0.2) is 0 Å². The van der Waals surface area contributed by atoms with Crippen LogP contribution in [0, 0.1) is 6.92 Å². The van der Waals surface area contributed by atoms with Crippen LogP contribution < -0.4 is 20.7 Å². The number of alkyl halides is 3. The van der Waals surface area contributed by atoms with Gasteiger partial charge in [-0.05, 0) is 43.7 Å². The zero-order valence-corrected chi connectivity index (χ0v) is 22.0. The number of hydrogen-bond donors (Lipinski definition) is 2. The highest BCUT2D eigenvalue weighted by Crippen LogP contribution is 2.33. The van der Waals surface area contributed by atoms with E-state index >= 15 is 0 Å². The maximum Gasteiger partial charge on any atom is 0.421 e. The summed E-state index contributed by atoms with van der Waals surface area (Å²) in [5.41, 5.74) is -0.469. The standard InChI is InChI=1S/C27H29F3N6O4/c1-3-34-13-18(8-22(26(34)39)27(28,29)30)25(38)32-19-11-21(16(2)31-12-19)17-9-23(35-4-6-40-7-5-35)33-24(10-17)36-14-20(37)15-36/h8-13,20,37H,3-7,14-15H2,1-2H3,(H,32,38). The summed E-state index contributed by atoms with van der Waals surface area (Å²) < 4.78 is 46.6. The Morgan fingerprint density at radius 1 is 1.12 bits per heavy atom. The van der Waals surface area contributed by atoms with Gasteiger partial charge >= 0.3 is 6.18 Å². The number of aromatic nitrogens is 3. The molecule has 3 aromatic rings. The first-order valence-corrected chi connectivity index (χ1v) is 12.9. The number of aliphatic hydroxyl groups excluding tert-OH is 1. The molecule has 5 heterocycles. The van der Waals surface area contributed by atoms with E-state index in [2.05, 4.69) is 15.2 Å². The molecule has 13 heteroatoms. The van der Waals surface area contributed by atoms with E-state index in [0.717, 1.165) is 22.1 Å². The summed E-state index contributed by atoms with van der Waals surface area (Å²) in [5.74, 6) is 0.635. The summed E-state index contributed by atoms with van der Waals surface area (Å²) in [6.45, 7) is 6.74. The first-order chi connectivity index (χ1) is 19.0. The van der Waals surface area contributed by atoms with Crippen LogP contribution in [0.1, 0.15) is 28.5 Å². The van der Waals surface area contributed by atoms with Crippen molar-refractivity contribution in [1.82, 2.24) is 14.5 Å². The number of aryl methyl sites for hydroxylation is 2. The van der Waals surface area contributed by atoms with Gasteiger partial charge < -0.3 is 29.5 Å². The van der Waals surface area contributed by atoms with Crippen LogP contribution in [0.25, 0.3) is 11.1 Å². The minimum Gasteiger partial charge on any atom is -0.389 e. The molecule has 0 saturated carbocycles. The van der Waals surface area contributed by atoms with E-state index in [1.165, 1.54) is 13.1 Å². The third-order valence-corrected chi connectivity index (χ3v) is 6.97. The van der Waals surface area contributed by atoms with E-state index in [0.29, 0.717) is 62.5 Å². The second-order valence-electron chi connectivity index (χ2n) is 9.77. The normalized spacial score (nSPS) is 16.1. The first kappa shape index (κ1) is 27.6. The highest BCUT2D eigenvalue weighted by molar-refractivity contribution is 6.04. The van der Waals surface area contributed by atoms with Gasteiger partial charge in [0, 0.05) is 50.2 Å². The van der Waals surface area contributed by atoms with Crippen LogP contribution in [-0.2, 0) is 17.5 Å². The molecular weight excluding hydrogens is 529 g/mol. The average Bonchev–Trinajstić information content (AvgIpc) is 2.92. The molecular formula is C27H29F3N6O4. The van der Waals surface area contributed by atoms with Crippen LogP contribution in [0.15, 0.2) is 41.5 Å². The Morgan fingerprint density at radius 3 is 2.42 bits per heavy atom. The van der Waals surface area contributed by atoms with Gasteiger partial charge in [-0.3, -0.25) is 14.6 Å². The highest BCUT2D eigenvalue weighted by atomic mass is 19.4. The SMILES string of the molecule is CCn1cc(C(=O)Nc2cnc(C)c(-c3cc(N4CCOCC4)nc(N4CC(O)C4)c3)c2)cc(C(F)(F)F)c1=O. The Morgan fingerprint density at radius 2 is 1.80 bits per heavy atom. The zero-order chi connectivity index (χ0) is 28.6. The molecule has 0 atom stereocenters. The molecule has 1 amide bonds. The van der Waals surface area contributed by atoms with Crippen molar-refractivity contribution in [1.29, 1.82) is 0 Å². The fraction of sp³-hybridized carbons (Fsp3) is 0.407. The molecule has 10 nitrogen and oxygen atoms in total. The maximum absolute atomic E-state index is 13.4. The number of pyridine rings is 3. The molecule has 2 aliphatic heterocycles. The van der Waals surface area contributed by atoms with Crippen LogP contribution in [-0.4, -0.2) is 71.0 Å². The van der Waals surface area contributed by atoms with Crippen molar-refractivity contribution >= 4 is 23.2 Å². The Hall–Kier alpha value is -3.97. The van der Waals surface area contributed by atoms with Gasteiger partial charge in [-0.15, -0.1) is 0 Å². The summed E-state index contributed by atoms with van der Waals surface area (Å²) in [6, 6.07) is 6.08. The van der Waals surface area contributed by atoms with Crippen LogP contribution in [0.3, 0.4) is 0 Å². The van der Waals surface area contributed by atoms with Gasteiger partial charge in [0.1, 0.15) is 17.2 Å². The molecule has 2 N–H and O–H groups in total. The minimum atomic E-state index is -4.90. The Balaban J connectivity index is 1.48. The third-order valence-electron chi connectivity index (χ3n) is 6.97. The molecule has 0 aromatic carbocycles. The largest absolute Gasteiger partial charge is 0.421 e. The molecule has 0 bridgehead atoms. The van der Waals surface area contributed by atoms with Gasteiger partial charge in [0.2, 0.25) is 0 Å². The molecule has 40 heavy (non-hydrogen) atoms. The molecule has 5 rings (SSSR count). The molecule has 0 aliphatic carbocycles. The summed E-state index contributed by atoms with van der Waals surface area (Å²) in [6.07, 6.45) is -2.78. The maximum atomic E-state index is 13.4. The summed E-state index contributed by atoms with van der Waals surface area (Å²) in [5, 5.41) is 12.4. The average molecular weight is 559 g/mol. The van der Waals surface area contributed by atoms with Crippen LogP contribution >= 0.6 is 0 Å². The van der Waals surface area contributed by atoms with Crippen molar-refractivity contribution in [2.24, 2.45) is 0 Å². The van der Waals surface area contributed by atoms with Crippen molar-refractivity contribution < 1.29 is 27.8 Å². The second-order valence-corrected chi connectivity index (χ2v) is 9.77. The minimum absolute atomic E-state index is 0.0246. The fourth-order valence-corrected chi connectivity index (χ4v) is 4.71. The number of amides is 1. The lowest BCUT2D eigenvalue weighted by Gasteiger charge is -2.38. The quantitative estimate of drug-likeness (QED) is 0.475. The predicted octanol–water partition coefficient (Wildman–Crippen LogP) is 2.92. The number of morpholine rings is 1. The van der Waals surface area contributed by atoms with Crippen LogP contribution in [0.5, 0.6) is 0 Å². The number of rotatable bonds is 6. The molecule has 212 valence electrons. The highest BCUT2D eigenvalue weighted by Gasteiger charge is 2.35. The molecule has 3 aromatic heterocycles. The second kappa shape index (κ2) is 10.9. The summed E-state index contributed by atoms with van der Waals surface area (Å²) in [4.78, 5) is 38.5. The number of aliphatic hydroxyl groups is 1. The van der Waals surface area contributed by atoms with E-state index in [-0.39, 0.29) is 17.8 Å². The number of ether oxygens (including phenoxy) is 1. The molecule has 2 fully saturated rings. The third kappa shape index (κ3) is 5.65. The number of carbonyl (C=O) groups excluding carboxylic acids is 1. The van der Waals surface area contributed by atoms with E-state index < -0.39 is 29.3 Å². The van der Waals surface area contributed by atoms with Gasteiger partial charge in [-0.1, -0.05) is 0 Å². The fourth-order valence-electron chi connectivity index (χ4n) is 4.71. The summed E-state index contributed by atoms with van der Waals surface area (Å²) in [7, 11) is 0. The van der Waals surface area contributed by atoms with Crippen molar-refractivity contribution in [3.63, 3.8) is 0 Å². The van der Waals surface area contributed by atoms with Crippen LogP contribution in [0.4, 0.5) is 30.5 Å². The monoisotopic (exact) mass is 558 g/mol. The predicted molar refractivity (Wildman–Crippen MR) is 143 cm³/mol. The lowest BCUT2D eigenvalue weighted by atomic mass is 10.0. The van der Waals surface area contributed by atoms with Gasteiger partial charge in [0.25, 0.3) is 11.5 Å². The smallest absolute Gasteiger partial charge is 0.389 e. The Bertz CT molecular complexity index is 1480. The number of hydrogen-bond acceptors (Lipinski definition) is 8. The van der Waals surface area contributed by atoms with E-state index in [1.54, 1.807) is 6.07 Å². The van der Waals surface area contributed by atoms with E-state index in [4.69, 9.17) is 9.72 Å². The number of nitrogens with zero attached hydrogens (tertiary/aromatic N) is 5. The lowest BCUT2D eigenvalue weighted by molar-refractivity contribution is -0.139. The number of halogens is 3. The summed E-state index contributed by atoms with van der Waals surface area (Å²) >= 11 is 0. The van der Waals surface area contributed by atoms with Crippen molar-refractivity contribution in [2.45, 2.75) is 32.7 Å². The number of nitrogens with one attached hydrogen (secondary N) is 1.